The second-order valence-electron chi connectivity index (χ2n) is 4.61. The van der Waals surface area contributed by atoms with E-state index in [0.29, 0.717) is 5.75 Å². The number of aliphatic hydroxyl groups is 1. The average Bonchev–Trinajstić information content (AvgIpc) is 2.31. The van der Waals surface area contributed by atoms with E-state index in [1.54, 1.807) is 0 Å². The van der Waals surface area contributed by atoms with Gasteiger partial charge in [-0.15, -0.1) is 0 Å². The molecule has 3 heteroatoms. The molecule has 0 bridgehead atoms. The van der Waals surface area contributed by atoms with E-state index < -0.39 is 0 Å². The molecule has 0 aliphatic rings. The van der Waals surface area contributed by atoms with Gasteiger partial charge in [0.15, 0.2) is 0 Å². The summed E-state index contributed by atoms with van der Waals surface area (Å²) in [5.74, 6) is 0.384. The highest BCUT2D eigenvalue weighted by atomic mass is 16.3. The summed E-state index contributed by atoms with van der Waals surface area (Å²) in [6.45, 7) is 7.39. The number of phenolic OH excluding ortho intramolecular Hbond substituents is 1. The molecule has 0 aliphatic carbocycles. The zero-order valence-corrected chi connectivity index (χ0v) is 11.0. The number of aryl methyl sites for hydroxylation is 2. The molecule has 3 N–H and O–H groups in total. The minimum absolute atomic E-state index is 0.203. The van der Waals surface area contributed by atoms with Crippen molar-refractivity contribution in [3.63, 3.8) is 0 Å². The van der Waals surface area contributed by atoms with Crippen molar-refractivity contribution >= 4 is 0 Å². The van der Waals surface area contributed by atoms with Crippen LogP contribution < -0.4 is 5.32 Å². The van der Waals surface area contributed by atoms with E-state index in [9.17, 15) is 10.2 Å². The predicted octanol–water partition coefficient (Wildman–Crippen LogP) is 2.26. The summed E-state index contributed by atoms with van der Waals surface area (Å²) in [5, 5.41) is 22.4. The summed E-state index contributed by atoms with van der Waals surface area (Å²) in [5.41, 5.74) is 2.99. The number of rotatable bonds is 6. The summed E-state index contributed by atoms with van der Waals surface area (Å²) < 4.78 is 0. The highest BCUT2D eigenvalue weighted by molar-refractivity contribution is 5.42. The van der Waals surface area contributed by atoms with Crippen LogP contribution in [0.3, 0.4) is 0 Å². The van der Waals surface area contributed by atoms with Gasteiger partial charge in [0.05, 0.1) is 6.10 Å². The maximum atomic E-state index is 9.65. The minimum atomic E-state index is -0.203. The van der Waals surface area contributed by atoms with Crippen molar-refractivity contribution < 1.29 is 10.2 Å². The highest BCUT2D eigenvalue weighted by Gasteiger charge is 2.04. The Hall–Kier alpha value is -1.06. The van der Waals surface area contributed by atoms with Crippen molar-refractivity contribution in [3.8, 4) is 5.75 Å². The van der Waals surface area contributed by atoms with E-state index in [1.165, 1.54) is 5.56 Å². The third-order valence-electron chi connectivity index (χ3n) is 3.01. The summed E-state index contributed by atoms with van der Waals surface area (Å²) in [6.07, 6.45) is 1.39. The standard InChI is InChI=1S/C14H23NO2/c1-4-13(16)5-6-15-9-12-7-10(2)14(17)11(3)8-12/h7-8,13,15-17H,4-6,9H2,1-3H3. The normalized spacial score (nSPS) is 12.7. The Morgan fingerprint density at radius 2 is 1.82 bits per heavy atom. The van der Waals surface area contributed by atoms with Crippen LogP contribution in [0.1, 0.15) is 36.5 Å². The molecule has 0 spiro atoms. The maximum absolute atomic E-state index is 9.65. The summed E-state index contributed by atoms with van der Waals surface area (Å²) in [4.78, 5) is 0. The largest absolute Gasteiger partial charge is 0.507 e. The Kier molecular flexibility index (Phi) is 5.45. The predicted molar refractivity (Wildman–Crippen MR) is 70.2 cm³/mol. The molecule has 0 heterocycles. The monoisotopic (exact) mass is 237 g/mol. The first-order valence-electron chi connectivity index (χ1n) is 6.22. The lowest BCUT2D eigenvalue weighted by Gasteiger charge is -2.11. The average molecular weight is 237 g/mol. The lowest BCUT2D eigenvalue weighted by atomic mass is 10.1. The molecule has 0 saturated heterocycles. The van der Waals surface area contributed by atoms with Crippen LogP contribution in [0, 0.1) is 13.8 Å². The van der Waals surface area contributed by atoms with E-state index in [4.69, 9.17) is 0 Å². The number of hydrogen-bond acceptors (Lipinski definition) is 3. The molecule has 96 valence electrons. The van der Waals surface area contributed by atoms with Gasteiger partial charge in [-0.25, -0.2) is 0 Å². The Morgan fingerprint density at radius 1 is 1.24 bits per heavy atom. The van der Waals surface area contributed by atoms with Gasteiger partial charge in [-0.3, -0.25) is 0 Å². The van der Waals surface area contributed by atoms with Crippen molar-refractivity contribution in [3.05, 3.63) is 28.8 Å². The number of benzene rings is 1. The van der Waals surface area contributed by atoms with Gasteiger partial charge in [-0.2, -0.15) is 0 Å². The molecule has 1 aromatic rings. The van der Waals surface area contributed by atoms with Crippen LogP contribution in [-0.4, -0.2) is 22.9 Å². The van der Waals surface area contributed by atoms with Crippen molar-refractivity contribution in [2.24, 2.45) is 0 Å². The Labute approximate surface area is 103 Å². The SMILES string of the molecule is CCC(O)CCNCc1cc(C)c(O)c(C)c1. The van der Waals surface area contributed by atoms with Crippen molar-refractivity contribution in [1.82, 2.24) is 5.32 Å². The van der Waals surface area contributed by atoms with Crippen LogP contribution in [0.25, 0.3) is 0 Å². The molecule has 1 rings (SSSR count). The van der Waals surface area contributed by atoms with E-state index in [0.717, 1.165) is 37.1 Å². The zero-order valence-electron chi connectivity index (χ0n) is 11.0. The third-order valence-corrected chi connectivity index (χ3v) is 3.01. The smallest absolute Gasteiger partial charge is 0.121 e. The van der Waals surface area contributed by atoms with Gasteiger partial charge in [-0.1, -0.05) is 19.1 Å². The van der Waals surface area contributed by atoms with Crippen molar-refractivity contribution in [2.45, 2.75) is 46.3 Å². The molecule has 0 aromatic heterocycles. The molecule has 0 aliphatic heterocycles. The van der Waals surface area contributed by atoms with Crippen LogP contribution in [0.2, 0.25) is 0 Å². The third kappa shape index (κ3) is 4.36. The van der Waals surface area contributed by atoms with Crippen LogP contribution >= 0.6 is 0 Å². The lowest BCUT2D eigenvalue weighted by Crippen LogP contribution is -2.19. The molecular formula is C14H23NO2. The van der Waals surface area contributed by atoms with Crippen LogP contribution in [0.5, 0.6) is 5.75 Å². The van der Waals surface area contributed by atoms with E-state index in [1.807, 2.05) is 32.9 Å². The van der Waals surface area contributed by atoms with Gasteiger partial charge in [0.1, 0.15) is 5.75 Å². The topological polar surface area (TPSA) is 52.5 Å². The molecule has 0 fully saturated rings. The molecule has 3 nitrogen and oxygen atoms in total. The van der Waals surface area contributed by atoms with Crippen molar-refractivity contribution in [2.75, 3.05) is 6.54 Å². The molecular weight excluding hydrogens is 214 g/mol. The number of aromatic hydroxyl groups is 1. The van der Waals surface area contributed by atoms with Crippen LogP contribution in [0.15, 0.2) is 12.1 Å². The number of hydrogen-bond donors (Lipinski definition) is 3. The highest BCUT2D eigenvalue weighted by Crippen LogP contribution is 2.22. The van der Waals surface area contributed by atoms with Crippen LogP contribution in [0.4, 0.5) is 0 Å². The van der Waals surface area contributed by atoms with Crippen LogP contribution in [-0.2, 0) is 6.54 Å². The second kappa shape index (κ2) is 6.62. The summed E-state index contributed by atoms with van der Waals surface area (Å²) in [7, 11) is 0. The molecule has 1 aromatic carbocycles. The van der Waals surface area contributed by atoms with E-state index in [2.05, 4.69) is 5.32 Å². The lowest BCUT2D eigenvalue weighted by molar-refractivity contribution is 0.159. The molecule has 1 atom stereocenters. The van der Waals surface area contributed by atoms with Gasteiger partial charge in [0, 0.05) is 6.54 Å². The van der Waals surface area contributed by atoms with Gasteiger partial charge >= 0.3 is 0 Å². The van der Waals surface area contributed by atoms with E-state index in [-0.39, 0.29) is 6.10 Å². The zero-order chi connectivity index (χ0) is 12.8. The number of phenols is 1. The quantitative estimate of drug-likeness (QED) is 0.665. The Bertz CT molecular complexity index is 340. The number of aliphatic hydroxyl groups excluding tert-OH is 1. The molecule has 0 amide bonds. The molecule has 1 unspecified atom stereocenters. The molecule has 0 radical (unpaired) electrons. The summed E-state index contributed by atoms with van der Waals surface area (Å²) in [6, 6.07) is 3.98. The second-order valence-corrected chi connectivity index (χ2v) is 4.61. The maximum Gasteiger partial charge on any atom is 0.121 e. The van der Waals surface area contributed by atoms with Gasteiger partial charge in [-0.05, 0) is 49.9 Å². The Balaban J connectivity index is 2.42. The van der Waals surface area contributed by atoms with Gasteiger partial charge < -0.3 is 15.5 Å². The first-order chi connectivity index (χ1) is 8.04. The Morgan fingerprint density at radius 3 is 2.35 bits per heavy atom. The van der Waals surface area contributed by atoms with Gasteiger partial charge in [0.25, 0.3) is 0 Å². The van der Waals surface area contributed by atoms with E-state index >= 15 is 0 Å². The fourth-order valence-electron chi connectivity index (χ4n) is 1.85. The molecule has 0 saturated carbocycles. The van der Waals surface area contributed by atoms with Crippen molar-refractivity contribution in [1.29, 1.82) is 0 Å². The first-order valence-corrected chi connectivity index (χ1v) is 6.22. The molecule has 17 heavy (non-hydrogen) atoms. The fraction of sp³-hybridized carbons (Fsp3) is 0.571. The minimum Gasteiger partial charge on any atom is -0.507 e. The summed E-state index contributed by atoms with van der Waals surface area (Å²) >= 11 is 0. The fourth-order valence-corrected chi connectivity index (χ4v) is 1.85. The van der Waals surface area contributed by atoms with Gasteiger partial charge in [0.2, 0.25) is 0 Å². The number of nitrogens with one attached hydrogen (secondary N) is 1. The first kappa shape index (κ1) is 14.0.